The van der Waals surface area contributed by atoms with Crippen LogP contribution < -0.4 is 14.8 Å². The molecule has 0 bridgehead atoms. The van der Waals surface area contributed by atoms with Crippen LogP contribution in [0.5, 0.6) is 11.5 Å². The van der Waals surface area contributed by atoms with Crippen LogP contribution in [0.2, 0.25) is 0 Å². The molecule has 1 aromatic heterocycles. The van der Waals surface area contributed by atoms with Crippen molar-refractivity contribution in [2.45, 2.75) is 49.7 Å². The van der Waals surface area contributed by atoms with Gasteiger partial charge in [0.05, 0.1) is 13.4 Å². The molecular weight excluding hydrogens is 314 g/mol. The van der Waals surface area contributed by atoms with Crippen LogP contribution in [0.15, 0.2) is 41.0 Å². The highest BCUT2D eigenvalue weighted by molar-refractivity contribution is 5.55. The molecule has 3 heterocycles. The number of piperidine rings is 1. The minimum absolute atomic E-state index is 0.116. The normalized spacial score (nSPS) is 33.1. The largest absolute Gasteiger partial charge is 0.493 e. The molecule has 132 valence electrons. The van der Waals surface area contributed by atoms with Crippen LogP contribution in [0.4, 0.5) is 0 Å². The molecule has 3 aliphatic rings. The fourth-order valence-corrected chi connectivity index (χ4v) is 5.63. The first-order valence-corrected chi connectivity index (χ1v) is 9.43. The van der Waals surface area contributed by atoms with E-state index in [9.17, 15) is 0 Å². The molecule has 2 aromatic rings. The Morgan fingerprint density at radius 3 is 3.04 bits per heavy atom. The van der Waals surface area contributed by atoms with Crippen LogP contribution >= 0.6 is 0 Å². The van der Waals surface area contributed by atoms with Crippen LogP contribution in [-0.2, 0) is 11.8 Å². The second kappa shape index (κ2) is 5.80. The summed E-state index contributed by atoms with van der Waals surface area (Å²) in [6, 6.07) is 10.9. The summed E-state index contributed by atoms with van der Waals surface area (Å²) >= 11 is 0. The summed E-state index contributed by atoms with van der Waals surface area (Å²) in [6.07, 6.45) is 7.75. The van der Waals surface area contributed by atoms with Gasteiger partial charge in [-0.25, -0.2) is 0 Å². The molecule has 4 nitrogen and oxygen atoms in total. The van der Waals surface area contributed by atoms with Gasteiger partial charge in [0, 0.05) is 23.4 Å². The summed E-state index contributed by atoms with van der Waals surface area (Å²) in [7, 11) is 1.73. The van der Waals surface area contributed by atoms with Gasteiger partial charge in [0.1, 0.15) is 11.9 Å². The van der Waals surface area contributed by atoms with E-state index in [1.807, 2.05) is 12.1 Å². The van der Waals surface area contributed by atoms with Gasteiger partial charge in [-0.2, -0.15) is 0 Å². The quantitative estimate of drug-likeness (QED) is 0.926. The molecule has 1 saturated carbocycles. The van der Waals surface area contributed by atoms with E-state index in [4.69, 9.17) is 13.9 Å². The molecule has 25 heavy (non-hydrogen) atoms. The first kappa shape index (κ1) is 15.3. The number of benzene rings is 1. The van der Waals surface area contributed by atoms with E-state index >= 15 is 0 Å². The third-order valence-electron chi connectivity index (χ3n) is 6.61. The smallest absolute Gasteiger partial charge is 0.165 e. The highest BCUT2D eigenvalue weighted by atomic mass is 16.5. The number of para-hydroxylation sites is 1. The van der Waals surface area contributed by atoms with Gasteiger partial charge in [0.25, 0.3) is 0 Å². The molecule has 4 atom stereocenters. The van der Waals surface area contributed by atoms with Crippen LogP contribution in [0.25, 0.3) is 0 Å². The Hall–Kier alpha value is -1.94. The number of nitrogens with one attached hydrogen (secondary N) is 1. The van der Waals surface area contributed by atoms with Gasteiger partial charge in [0.15, 0.2) is 11.5 Å². The molecule has 1 N–H and O–H groups in total. The van der Waals surface area contributed by atoms with Gasteiger partial charge in [-0.15, -0.1) is 0 Å². The summed E-state index contributed by atoms with van der Waals surface area (Å²) in [5.74, 6) is 3.50. The van der Waals surface area contributed by atoms with E-state index in [0.717, 1.165) is 43.1 Å². The van der Waals surface area contributed by atoms with Crippen LogP contribution in [0.3, 0.4) is 0 Å². The van der Waals surface area contributed by atoms with Crippen molar-refractivity contribution in [1.29, 1.82) is 0 Å². The van der Waals surface area contributed by atoms with E-state index in [2.05, 4.69) is 23.5 Å². The lowest BCUT2D eigenvalue weighted by molar-refractivity contribution is 0.00836. The monoisotopic (exact) mass is 339 g/mol. The fraction of sp³-hybridized carbons (Fsp3) is 0.524. The molecule has 5 rings (SSSR count). The average Bonchev–Trinajstić information content (AvgIpc) is 3.26. The first-order chi connectivity index (χ1) is 12.3. The summed E-state index contributed by atoms with van der Waals surface area (Å²) < 4.78 is 17.7. The number of furan rings is 1. The van der Waals surface area contributed by atoms with E-state index < -0.39 is 0 Å². The predicted molar refractivity (Wildman–Crippen MR) is 95.2 cm³/mol. The van der Waals surface area contributed by atoms with Crippen molar-refractivity contribution in [3.63, 3.8) is 0 Å². The Labute approximate surface area is 148 Å². The highest BCUT2D eigenvalue weighted by Gasteiger charge is 2.59. The first-order valence-electron chi connectivity index (χ1n) is 9.43. The zero-order valence-corrected chi connectivity index (χ0v) is 14.7. The van der Waals surface area contributed by atoms with Gasteiger partial charge in [-0.3, -0.25) is 0 Å². The van der Waals surface area contributed by atoms with Crippen LogP contribution in [-0.4, -0.2) is 25.8 Å². The lowest BCUT2D eigenvalue weighted by Crippen LogP contribution is -2.60. The molecular formula is C21H25NO3. The Morgan fingerprint density at radius 1 is 1.24 bits per heavy atom. The number of ether oxygens (including phenoxy) is 2. The SMILES string of the molecule is COc1cccc2c1OC1CCCC3C(Cc4ccco4)NCCC213. The molecule has 2 fully saturated rings. The molecule has 4 heteroatoms. The second-order valence-electron chi connectivity index (χ2n) is 7.62. The fourth-order valence-electron chi connectivity index (χ4n) is 5.63. The van der Waals surface area contributed by atoms with E-state index in [-0.39, 0.29) is 11.5 Å². The van der Waals surface area contributed by atoms with E-state index in [1.54, 1.807) is 13.4 Å². The number of fused-ring (bicyclic) bond motifs is 1. The third-order valence-corrected chi connectivity index (χ3v) is 6.61. The molecule has 0 radical (unpaired) electrons. The molecule has 1 saturated heterocycles. The standard InChI is InChI=1S/C21H25NO3/c1-23-18-8-2-7-16-20(18)25-19-9-3-6-15-17(13-14-5-4-12-24-14)22-11-10-21(15,16)19/h2,4-5,7-8,12,15,17,19,22H,3,6,9-11,13H2,1H3. The zero-order chi connectivity index (χ0) is 16.9. The molecule has 1 spiro atoms. The van der Waals surface area contributed by atoms with Gasteiger partial charge in [-0.1, -0.05) is 12.1 Å². The molecule has 0 amide bonds. The van der Waals surface area contributed by atoms with E-state index in [0.29, 0.717) is 12.0 Å². The second-order valence-corrected chi connectivity index (χ2v) is 7.62. The molecule has 2 aliphatic heterocycles. The van der Waals surface area contributed by atoms with Gasteiger partial charge in [-0.05, 0) is 56.3 Å². The number of hydrogen-bond acceptors (Lipinski definition) is 4. The van der Waals surface area contributed by atoms with Gasteiger partial charge >= 0.3 is 0 Å². The number of hydrogen-bond donors (Lipinski definition) is 1. The highest BCUT2D eigenvalue weighted by Crippen LogP contribution is 2.59. The van der Waals surface area contributed by atoms with Crippen molar-refractivity contribution in [3.8, 4) is 11.5 Å². The topological polar surface area (TPSA) is 43.6 Å². The lowest BCUT2D eigenvalue weighted by Gasteiger charge is -2.51. The minimum Gasteiger partial charge on any atom is -0.493 e. The third kappa shape index (κ3) is 2.16. The maximum atomic E-state index is 6.50. The van der Waals surface area contributed by atoms with Crippen LogP contribution in [0, 0.1) is 5.92 Å². The Kier molecular flexibility index (Phi) is 3.56. The maximum absolute atomic E-state index is 6.50. The van der Waals surface area contributed by atoms with Gasteiger partial charge in [0.2, 0.25) is 0 Å². The van der Waals surface area contributed by atoms with Crippen molar-refractivity contribution in [2.24, 2.45) is 5.92 Å². The number of rotatable bonds is 3. The summed E-state index contributed by atoms with van der Waals surface area (Å²) in [6.45, 7) is 1.03. The van der Waals surface area contributed by atoms with Crippen molar-refractivity contribution in [3.05, 3.63) is 47.9 Å². The van der Waals surface area contributed by atoms with E-state index in [1.165, 1.54) is 18.4 Å². The minimum atomic E-state index is 0.116. The lowest BCUT2D eigenvalue weighted by atomic mass is 9.56. The maximum Gasteiger partial charge on any atom is 0.165 e. The van der Waals surface area contributed by atoms with Crippen LogP contribution in [0.1, 0.15) is 37.0 Å². The van der Waals surface area contributed by atoms with Crippen molar-refractivity contribution in [1.82, 2.24) is 5.32 Å². The zero-order valence-electron chi connectivity index (χ0n) is 14.7. The molecule has 1 aromatic carbocycles. The Morgan fingerprint density at radius 2 is 2.20 bits per heavy atom. The number of methoxy groups -OCH3 is 1. The Balaban J connectivity index is 1.57. The molecule has 1 aliphatic carbocycles. The summed E-state index contributed by atoms with van der Waals surface area (Å²) in [5, 5.41) is 3.78. The van der Waals surface area contributed by atoms with Crippen molar-refractivity contribution < 1.29 is 13.9 Å². The van der Waals surface area contributed by atoms with Crippen molar-refractivity contribution in [2.75, 3.05) is 13.7 Å². The molecule has 4 unspecified atom stereocenters. The summed E-state index contributed by atoms with van der Waals surface area (Å²) in [4.78, 5) is 0. The summed E-state index contributed by atoms with van der Waals surface area (Å²) in [5.41, 5.74) is 1.48. The average molecular weight is 339 g/mol. The van der Waals surface area contributed by atoms with Gasteiger partial charge < -0.3 is 19.2 Å². The Bertz CT molecular complexity index is 757. The predicted octanol–water partition coefficient (Wildman–Crippen LogP) is 3.69. The van der Waals surface area contributed by atoms with Crippen molar-refractivity contribution >= 4 is 0 Å².